The summed E-state index contributed by atoms with van der Waals surface area (Å²) in [7, 11) is 0. The molecule has 386 valence electrons. The molecular formula is C72H47B2N3O4S. The van der Waals surface area contributed by atoms with Crippen LogP contribution in [0, 0.1) is 0 Å². The Balaban J connectivity index is 0.939. The quantitative estimate of drug-likeness (QED) is 0.119. The average molecular weight is 1070 g/mol. The Hall–Kier alpha value is -10.3. The summed E-state index contributed by atoms with van der Waals surface area (Å²) < 4.78 is 27.2. The number of para-hydroxylation sites is 10. The van der Waals surface area contributed by atoms with Gasteiger partial charge in [0, 0.05) is 79.2 Å². The van der Waals surface area contributed by atoms with Crippen molar-refractivity contribution in [3.05, 3.63) is 285 Å². The molecule has 0 aliphatic carbocycles. The van der Waals surface area contributed by atoms with Crippen molar-refractivity contribution in [1.29, 1.82) is 0 Å². The van der Waals surface area contributed by atoms with Crippen molar-refractivity contribution in [3.63, 3.8) is 0 Å². The summed E-state index contributed by atoms with van der Waals surface area (Å²) >= 11 is 1.81. The van der Waals surface area contributed by atoms with Gasteiger partial charge in [-0.3, -0.25) is 0 Å². The number of nitrogens with zero attached hydrogens (tertiary/aromatic N) is 3. The summed E-state index contributed by atoms with van der Waals surface area (Å²) in [5, 5.41) is 0. The van der Waals surface area contributed by atoms with Crippen LogP contribution in [0.3, 0.4) is 0 Å². The van der Waals surface area contributed by atoms with Crippen molar-refractivity contribution in [2.75, 3.05) is 14.7 Å². The van der Waals surface area contributed by atoms with E-state index in [2.05, 4.69) is 191 Å². The molecule has 0 radical (unpaired) electrons. The lowest BCUT2D eigenvalue weighted by Crippen LogP contribution is -2.64. The fraction of sp³-hybridized carbons (Fsp3) is 0. The van der Waals surface area contributed by atoms with Crippen LogP contribution in [-0.4, -0.2) is 13.4 Å². The third-order valence-electron chi connectivity index (χ3n) is 15.9. The first-order valence-electron chi connectivity index (χ1n) is 27.6. The molecule has 4 heterocycles. The lowest BCUT2D eigenvalue weighted by atomic mass is 9.30. The lowest BCUT2D eigenvalue weighted by Gasteiger charge is -2.46. The van der Waals surface area contributed by atoms with E-state index in [-0.39, 0.29) is 13.4 Å². The van der Waals surface area contributed by atoms with E-state index in [1.165, 1.54) is 37.7 Å². The second-order valence-electron chi connectivity index (χ2n) is 20.7. The molecule has 0 spiro atoms. The number of hydrogen-bond donors (Lipinski definition) is 0. The molecule has 12 aromatic rings. The summed E-state index contributed by atoms with van der Waals surface area (Å²) in [5.74, 6) is 5.32. The molecule has 0 aromatic heterocycles. The highest BCUT2D eigenvalue weighted by Gasteiger charge is 2.48. The predicted molar refractivity (Wildman–Crippen MR) is 336 cm³/mol. The van der Waals surface area contributed by atoms with E-state index in [1.807, 2.05) is 109 Å². The highest BCUT2D eigenvalue weighted by molar-refractivity contribution is 8.00. The van der Waals surface area contributed by atoms with Crippen LogP contribution in [0.25, 0.3) is 0 Å². The second kappa shape index (κ2) is 19.8. The van der Waals surface area contributed by atoms with Crippen molar-refractivity contribution in [2.24, 2.45) is 0 Å². The fourth-order valence-corrected chi connectivity index (χ4v) is 13.7. The van der Waals surface area contributed by atoms with E-state index in [0.29, 0.717) is 34.5 Å². The molecule has 16 rings (SSSR count). The van der Waals surface area contributed by atoms with Crippen LogP contribution in [0.15, 0.2) is 295 Å². The lowest BCUT2D eigenvalue weighted by molar-refractivity contribution is 0.418. The van der Waals surface area contributed by atoms with E-state index in [0.717, 1.165) is 67.6 Å². The zero-order valence-electron chi connectivity index (χ0n) is 44.2. The predicted octanol–water partition coefficient (Wildman–Crippen LogP) is 15.7. The van der Waals surface area contributed by atoms with E-state index >= 15 is 0 Å². The number of rotatable bonds is 11. The number of benzene rings is 12. The van der Waals surface area contributed by atoms with Gasteiger partial charge < -0.3 is 33.6 Å². The molecule has 0 unspecified atom stereocenters. The summed E-state index contributed by atoms with van der Waals surface area (Å²) in [6.07, 6.45) is 0. The summed E-state index contributed by atoms with van der Waals surface area (Å²) in [4.78, 5) is 9.69. The van der Waals surface area contributed by atoms with Crippen molar-refractivity contribution in [1.82, 2.24) is 0 Å². The summed E-state index contributed by atoms with van der Waals surface area (Å²) in [5.41, 5.74) is 16.9. The summed E-state index contributed by atoms with van der Waals surface area (Å²) in [6, 6.07) is 99.6. The SMILES string of the molecule is c1ccc(Oc2ccccc2Oc2cc3c4c(c2)N(c2ccccc2)c2cc5c(cc2B4c2ccccc2S3)B2c3ccccc3N(c3ccccc3)c3cc(Oc4ccccc4Oc4ccccc4)cc(c32)N5c2ccccc2)cc1. The largest absolute Gasteiger partial charge is 0.453 e. The van der Waals surface area contributed by atoms with Crippen molar-refractivity contribution >= 4 is 109 Å². The van der Waals surface area contributed by atoms with Crippen LogP contribution in [0.4, 0.5) is 51.2 Å². The second-order valence-corrected chi connectivity index (χ2v) is 21.8. The molecule has 0 bridgehead atoms. The van der Waals surface area contributed by atoms with Crippen molar-refractivity contribution in [3.8, 4) is 46.0 Å². The van der Waals surface area contributed by atoms with Crippen LogP contribution in [-0.2, 0) is 0 Å². The van der Waals surface area contributed by atoms with Gasteiger partial charge in [0.25, 0.3) is 6.71 Å². The maximum atomic E-state index is 7.16. The Bertz CT molecular complexity index is 4420. The van der Waals surface area contributed by atoms with Crippen molar-refractivity contribution < 1.29 is 18.9 Å². The van der Waals surface area contributed by atoms with Crippen LogP contribution in [0.2, 0.25) is 0 Å². The third kappa shape index (κ3) is 8.09. The van der Waals surface area contributed by atoms with Crippen molar-refractivity contribution in [2.45, 2.75) is 9.79 Å². The fourth-order valence-electron chi connectivity index (χ4n) is 12.5. The average Bonchev–Trinajstić information content (AvgIpc) is 3.68. The Kier molecular flexibility index (Phi) is 11.5. The van der Waals surface area contributed by atoms with Crippen LogP contribution < -0.4 is 66.4 Å². The first kappa shape index (κ1) is 47.7. The summed E-state index contributed by atoms with van der Waals surface area (Å²) in [6.45, 7) is -0.275. The number of anilines is 9. The molecule has 4 aliphatic heterocycles. The standard InChI is InChI=1S/C72H47B2N3O4S/c1-6-24-48(25-7-1)75-59-36-18-16-34-55(59)73-57-46-58-61(47-60(57)76(49-26-8-2-9-27-49)63-43-53(42-62(75)71(63)73)80-67-39-21-19-37-65(67)78-51-30-12-4-13-31-51)77(50-28-10-3-11-29-50)64-44-54(45-70-72(64)74(58)56-35-17-23-41-69(56)82-70)81-68-40-22-20-38-66(68)79-52-32-14-5-15-33-52/h1-47H. The Labute approximate surface area is 481 Å². The topological polar surface area (TPSA) is 46.6 Å². The van der Waals surface area contributed by atoms with Gasteiger partial charge in [0.05, 0.1) is 0 Å². The normalized spacial score (nSPS) is 13.0. The molecule has 12 aromatic carbocycles. The molecule has 0 N–H and O–H groups in total. The van der Waals surface area contributed by atoms with E-state index in [9.17, 15) is 0 Å². The Morgan fingerprint density at radius 2 is 0.610 bits per heavy atom. The smallest absolute Gasteiger partial charge is 0.252 e. The first-order valence-corrected chi connectivity index (χ1v) is 28.4. The molecular weight excluding hydrogens is 1020 g/mol. The molecule has 0 atom stereocenters. The number of fused-ring (bicyclic) bond motifs is 8. The van der Waals surface area contributed by atoms with Gasteiger partial charge in [-0.2, -0.15) is 0 Å². The Morgan fingerprint density at radius 3 is 1.11 bits per heavy atom. The van der Waals surface area contributed by atoms with Gasteiger partial charge in [-0.05, 0) is 137 Å². The molecule has 82 heavy (non-hydrogen) atoms. The van der Waals surface area contributed by atoms with Gasteiger partial charge >= 0.3 is 0 Å². The van der Waals surface area contributed by atoms with Crippen LogP contribution in [0.5, 0.6) is 46.0 Å². The number of hydrogen-bond acceptors (Lipinski definition) is 8. The molecule has 10 heteroatoms. The monoisotopic (exact) mass is 1070 g/mol. The molecule has 4 aliphatic rings. The van der Waals surface area contributed by atoms with Gasteiger partial charge in [0.1, 0.15) is 23.0 Å². The first-order chi connectivity index (χ1) is 40.7. The van der Waals surface area contributed by atoms with Gasteiger partial charge in [0.15, 0.2) is 23.0 Å². The van der Waals surface area contributed by atoms with Gasteiger partial charge in [-0.1, -0.05) is 175 Å². The molecule has 0 saturated heterocycles. The minimum absolute atomic E-state index is 0.106. The molecule has 0 amide bonds. The van der Waals surface area contributed by atoms with E-state index in [4.69, 9.17) is 18.9 Å². The number of ether oxygens (including phenoxy) is 4. The zero-order valence-corrected chi connectivity index (χ0v) is 45.0. The van der Waals surface area contributed by atoms with Gasteiger partial charge in [-0.15, -0.1) is 0 Å². The van der Waals surface area contributed by atoms with E-state index in [1.54, 1.807) is 11.8 Å². The van der Waals surface area contributed by atoms with E-state index < -0.39 is 0 Å². The van der Waals surface area contributed by atoms with Gasteiger partial charge in [0.2, 0.25) is 6.71 Å². The van der Waals surface area contributed by atoms with Crippen LogP contribution >= 0.6 is 11.8 Å². The molecule has 7 nitrogen and oxygen atoms in total. The maximum Gasteiger partial charge on any atom is 0.252 e. The zero-order chi connectivity index (χ0) is 54.1. The Morgan fingerprint density at radius 1 is 0.244 bits per heavy atom. The highest BCUT2D eigenvalue weighted by atomic mass is 32.2. The maximum absolute atomic E-state index is 7.16. The minimum atomic E-state index is -0.169. The van der Waals surface area contributed by atoms with Gasteiger partial charge in [-0.25, -0.2) is 0 Å². The van der Waals surface area contributed by atoms with Crippen LogP contribution in [0.1, 0.15) is 0 Å². The molecule has 0 fully saturated rings. The third-order valence-corrected chi connectivity index (χ3v) is 17.0. The highest BCUT2D eigenvalue weighted by Crippen LogP contribution is 2.51. The minimum Gasteiger partial charge on any atom is -0.453 e. The molecule has 0 saturated carbocycles.